The summed E-state index contributed by atoms with van der Waals surface area (Å²) >= 11 is 0. The van der Waals surface area contributed by atoms with Crippen molar-refractivity contribution in [3.8, 4) is 5.75 Å². The molecule has 33 heavy (non-hydrogen) atoms. The van der Waals surface area contributed by atoms with Crippen LogP contribution in [0.1, 0.15) is 18.2 Å². The standard InChI is InChI=1S/C23H21FN2O7/c24-17-12-26(22(28)25-21(17)27)20-11-18(30-13-15-7-3-1-4-8-15)19(33-20)14-31-23(29)32-16-9-5-2-6-10-16/h1-10,12,18-20H,11,13-14H2,(H,25,27,28)/t18?,19-,20-/m0/s1. The maximum Gasteiger partial charge on any atom is 0.513 e. The first-order chi connectivity index (χ1) is 16.0. The summed E-state index contributed by atoms with van der Waals surface area (Å²) in [5.41, 5.74) is -1.02. The van der Waals surface area contributed by atoms with Gasteiger partial charge in [0.15, 0.2) is 0 Å². The van der Waals surface area contributed by atoms with Gasteiger partial charge >= 0.3 is 11.8 Å². The van der Waals surface area contributed by atoms with Gasteiger partial charge in [0.05, 0.1) is 18.9 Å². The molecule has 1 N–H and O–H groups in total. The van der Waals surface area contributed by atoms with E-state index < -0.39 is 41.7 Å². The van der Waals surface area contributed by atoms with E-state index in [1.54, 1.807) is 30.3 Å². The second-order valence-corrected chi connectivity index (χ2v) is 7.32. The van der Waals surface area contributed by atoms with Crippen LogP contribution in [0.3, 0.4) is 0 Å². The maximum atomic E-state index is 13.8. The van der Waals surface area contributed by atoms with Crippen molar-refractivity contribution >= 4 is 6.16 Å². The molecule has 1 aliphatic rings. The first-order valence-corrected chi connectivity index (χ1v) is 10.2. The maximum absolute atomic E-state index is 13.8. The van der Waals surface area contributed by atoms with Gasteiger partial charge in [-0.2, -0.15) is 4.39 Å². The first kappa shape index (κ1) is 22.4. The molecule has 1 fully saturated rings. The zero-order valence-corrected chi connectivity index (χ0v) is 17.4. The molecule has 172 valence electrons. The van der Waals surface area contributed by atoms with E-state index in [1.165, 1.54) is 0 Å². The number of nitrogens with one attached hydrogen (secondary N) is 1. The molecular weight excluding hydrogens is 435 g/mol. The number of ether oxygens (including phenoxy) is 4. The second-order valence-electron chi connectivity index (χ2n) is 7.32. The number of carbonyl (C=O) groups is 1. The third-order valence-corrected chi connectivity index (χ3v) is 5.03. The number of nitrogens with zero attached hydrogens (tertiary/aromatic N) is 1. The summed E-state index contributed by atoms with van der Waals surface area (Å²) in [5.74, 6) is -0.800. The number of H-pyrrole nitrogens is 1. The minimum absolute atomic E-state index is 0.167. The van der Waals surface area contributed by atoms with E-state index in [2.05, 4.69) is 0 Å². The molecular formula is C23H21FN2O7. The van der Waals surface area contributed by atoms with Gasteiger partial charge in [-0.1, -0.05) is 48.5 Å². The average Bonchev–Trinajstić information content (AvgIpc) is 3.23. The van der Waals surface area contributed by atoms with Crippen LogP contribution < -0.4 is 16.0 Å². The third-order valence-electron chi connectivity index (χ3n) is 5.03. The van der Waals surface area contributed by atoms with Crippen molar-refractivity contribution < 1.29 is 28.1 Å². The summed E-state index contributed by atoms with van der Waals surface area (Å²) in [6.07, 6.45) is -2.25. The smallest absolute Gasteiger partial charge is 0.431 e. The van der Waals surface area contributed by atoms with E-state index in [-0.39, 0.29) is 19.6 Å². The number of para-hydroxylation sites is 1. The van der Waals surface area contributed by atoms with Gasteiger partial charge < -0.3 is 18.9 Å². The second kappa shape index (κ2) is 10.2. The van der Waals surface area contributed by atoms with Crippen molar-refractivity contribution in [2.75, 3.05) is 6.61 Å². The molecule has 0 saturated carbocycles. The SMILES string of the molecule is O=C(OC[C@@H]1O[C@H](n2cc(F)c(=O)[nH]c2=O)CC1OCc1ccccc1)Oc1ccccc1. The Bertz CT molecular complexity index is 1200. The van der Waals surface area contributed by atoms with E-state index in [0.29, 0.717) is 5.75 Å². The number of hydrogen-bond donors (Lipinski definition) is 1. The van der Waals surface area contributed by atoms with Gasteiger partial charge in [0.25, 0.3) is 5.56 Å². The highest BCUT2D eigenvalue weighted by Crippen LogP contribution is 2.31. The molecule has 0 bridgehead atoms. The average molecular weight is 456 g/mol. The van der Waals surface area contributed by atoms with Gasteiger partial charge in [0.2, 0.25) is 5.82 Å². The Morgan fingerprint density at radius 1 is 1.09 bits per heavy atom. The molecule has 1 aromatic heterocycles. The molecule has 0 aliphatic carbocycles. The molecule has 1 unspecified atom stereocenters. The Balaban J connectivity index is 1.45. The van der Waals surface area contributed by atoms with Gasteiger partial charge in [-0.15, -0.1) is 0 Å². The Hall–Kier alpha value is -3.76. The van der Waals surface area contributed by atoms with E-state index in [0.717, 1.165) is 16.3 Å². The molecule has 3 atom stereocenters. The summed E-state index contributed by atoms with van der Waals surface area (Å²) in [4.78, 5) is 37.5. The van der Waals surface area contributed by atoms with Crippen LogP contribution in [-0.2, 0) is 20.8 Å². The topological polar surface area (TPSA) is 109 Å². The van der Waals surface area contributed by atoms with Crippen LogP contribution in [0.15, 0.2) is 76.4 Å². The molecule has 9 nitrogen and oxygen atoms in total. The summed E-state index contributed by atoms with van der Waals surface area (Å²) < 4.78 is 36.8. The van der Waals surface area contributed by atoms with E-state index in [1.807, 2.05) is 35.3 Å². The summed E-state index contributed by atoms with van der Waals surface area (Å²) in [6.45, 7) is 0.0314. The third kappa shape index (κ3) is 5.73. The monoisotopic (exact) mass is 456 g/mol. The predicted molar refractivity (Wildman–Crippen MR) is 113 cm³/mol. The van der Waals surface area contributed by atoms with E-state index in [4.69, 9.17) is 18.9 Å². The van der Waals surface area contributed by atoms with Crippen molar-refractivity contribution in [2.45, 2.75) is 31.5 Å². The number of hydrogen-bond acceptors (Lipinski definition) is 7. The van der Waals surface area contributed by atoms with Crippen LogP contribution in [0.4, 0.5) is 9.18 Å². The molecule has 0 spiro atoms. The van der Waals surface area contributed by atoms with Crippen LogP contribution in [-0.4, -0.2) is 34.5 Å². The van der Waals surface area contributed by atoms with Crippen molar-refractivity contribution in [3.63, 3.8) is 0 Å². The largest absolute Gasteiger partial charge is 0.513 e. The van der Waals surface area contributed by atoms with Crippen LogP contribution in [0.5, 0.6) is 5.75 Å². The van der Waals surface area contributed by atoms with E-state index in [9.17, 15) is 18.8 Å². The van der Waals surface area contributed by atoms with Crippen molar-refractivity contribution in [3.05, 3.63) is 99.1 Å². The fourth-order valence-electron chi connectivity index (χ4n) is 3.41. The molecule has 4 rings (SSSR count). The molecule has 2 aromatic carbocycles. The van der Waals surface area contributed by atoms with Crippen molar-refractivity contribution in [2.24, 2.45) is 0 Å². The molecule has 2 heterocycles. The minimum Gasteiger partial charge on any atom is -0.431 e. The molecule has 1 saturated heterocycles. The summed E-state index contributed by atoms with van der Waals surface area (Å²) in [5, 5.41) is 0. The Kier molecular flexibility index (Phi) is 6.96. The minimum atomic E-state index is -1.12. The fourth-order valence-corrected chi connectivity index (χ4v) is 3.41. The number of aromatic nitrogens is 2. The molecule has 1 aliphatic heterocycles. The van der Waals surface area contributed by atoms with E-state index >= 15 is 0 Å². The van der Waals surface area contributed by atoms with Crippen molar-refractivity contribution in [1.29, 1.82) is 0 Å². The van der Waals surface area contributed by atoms with Crippen LogP contribution >= 0.6 is 0 Å². The lowest BCUT2D eigenvalue weighted by Gasteiger charge is -2.19. The number of carbonyl (C=O) groups excluding carboxylic acids is 1. The Labute approximate surface area is 187 Å². The summed E-state index contributed by atoms with van der Waals surface area (Å²) in [6, 6.07) is 17.8. The Morgan fingerprint density at radius 3 is 2.52 bits per heavy atom. The lowest BCUT2D eigenvalue weighted by molar-refractivity contribution is -0.0717. The number of rotatable bonds is 7. The first-order valence-electron chi connectivity index (χ1n) is 10.2. The highest BCUT2D eigenvalue weighted by atomic mass is 19.1. The van der Waals surface area contributed by atoms with Crippen LogP contribution in [0, 0.1) is 5.82 Å². The van der Waals surface area contributed by atoms with Crippen LogP contribution in [0.25, 0.3) is 0 Å². The fraction of sp³-hybridized carbons (Fsp3) is 0.261. The van der Waals surface area contributed by atoms with Crippen molar-refractivity contribution in [1.82, 2.24) is 9.55 Å². The summed E-state index contributed by atoms with van der Waals surface area (Å²) in [7, 11) is 0. The highest BCUT2D eigenvalue weighted by molar-refractivity contribution is 5.63. The molecule has 0 amide bonds. The quantitative estimate of drug-likeness (QED) is 0.430. The molecule has 0 radical (unpaired) electrons. The molecule has 10 heteroatoms. The van der Waals surface area contributed by atoms with Gasteiger partial charge in [0, 0.05) is 6.42 Å². The van der Waals surface area contributed by atoms with Gasteiger partial charge in [-0.25, -0.2) is 9.59 Å². The Morgan fingerprint density at radius 2 is 1.79 bits per heavy atom. The highest BCUT2D eigenvalue weighted by Gasteiger charge is 2.38. The van der Waals surface area contributed by atoms with Gasteiger partial charge in [0.1, 0.15) is 24.7 Å². The zero-order chi connectivity index (χ0) is 23.2. The molecule has 3 aromatic rings. The van der Waals surface area contributed by atoms with Gasteiger partial charge in [-0.3, -0.25) is 14.3 Å². The van der Waals surface area contributed by atoms with Crippen LogP contribution in [0.2, 0.25) is 0 Å². The number of halogens is 1. The number of aromatic amines is 1. The number of benzene rings is 2. The lowest BCUT2D eigenvalue weighted by Crippen LogP contribution is -2.34. The van der Waals surface area contributed by atoms with Gasteiger partial charge in [-0.05, 0) is 17.7 Å². The predicted octanol–water partition coefficient (Wildman–Crippen LogP) is 2.76. The zero-order valence-electron chi connectivity index (χ0n) is 17.4. The normalized spacial score (nSPS) is 19.8. The lowest BCUT2D eigenvalue weighted by atomic mass is 10.1.